The molecule has 0 amide bonds. The van der Waals surface area contributed by atoms with Crippen molar-refractivity contribution in [2.75, 3.05) is 5.43 Å². The van der Waals surface area contributed by atoms with Crippen LogP contribution in [0.1, 0.15) is 11.1 Å². The summed E-state index contributed by atoms with van der Waals surface area (Å²) in [6.07, 6.45) is -3.23. The number of aromatic hydroxyl groups is 1. The van der Waals surface area contributed by atoms with E-state index in [0.29, 0.717) is 5.02 Å². The first kappa shape index (κ1) is 16.5. The van der Waals surface area contributed by atoms with Crippen LogP contribution in [0, 0.1) is 0 Å². The fraction of sp³-hybridized carbons (Fsp3) is 0.0714. The summed E-state index contributed by atoms with van der Waals surface area (Å²) in [6, 6.07) is 7.33. The van der Waals surface area contributed by atoms with Crippen LogP contribution in [0.15, 0.2) is 41.5 Å². The minimum absolute atomic E-state index is 0.0491. The molecule has 0 bridgehead atoms. The summed E-state index contributed by atoms with van der Waals surface area (Å²) in [7, 11) is 0. The molecule has 0 saturated heterocycles. The highest BCUT2D eigenvalue weighted by Gasteiger charge is 2.30. The van der Waals surface area contributed by atoms with E-state index in [4.69, 9.17) is 23.2 Å². The number of rotatable bonds is 3. The smallest absolute Gasteiger partial charge is 0.416 e. The summed E-state index contributed by atoms with van der Waals surface area (Å²) >= 11 is 11.5. The minimum atomic E-state index is -4.43. The molecule has 22 heavy (non-hydrogen) atoms. The molecule has 0 radical (unpaired) electrons. The topological polar surface area (TPSA) is 44.6 Å². The normalized spacial score (nSPS) is 11.9. The van der Waals surface area contributed by atoms with Crippen LogP contribution < -0.4 is 5.43 Å². The Hall–Kier alpha value is -1.92. The van der Waals surface area contributed by atoms with Gasteiger partial charge in [0.05, 0.1) is 22.5 Å². The first-order valence-electron chi connectivity index (χ1n) is 5.92. The monoisotopic (exact) mass is 348 g/mol. The zero-order valence-corrected chi connectivity index (χ0v) is 12.3. The maximum absolute atomic E-state index is 12.6. The van der Waals surface area contributed by atoms with Crippen molar-refractivity contribution in [3.8, 4) is 5.75 Å². The van der Waals surface area contributed by atoms with Crippen LogP contribution >= 0.6 is 23.2 Å². The quantitative estimate of drug-likeness (QED) is 0.594. The average Bonchev–Trinajstić information content (AvgIpc) is 2.43. The predicted molar refractivity (Wildman–Crippen MR) is 80.8 cm³/mol. The first-order chi connectivity index (χ1) is 10.3. The maximum atomic E-state index is 12.6. The molecule has 116 valence electrons. The largest absolute Gasteiger partial charge is 0.506 e. The Morgan fingerprint density at radius 1 is 1.14 bits per heavy atom. The third kappa shape index (κ3) is 4.05. The number of hydrogen-bond acceptors (Lipinski definition) is 3. The molecule has 0 aromatic heterocycles. The molecular formula is C14H9Cl2F3N2O. The second kappa shape index (κ2) is 6.46. The second-order valence-corrected chi connectivity index (χ2v) is 5.12. The molecule has 0 aliphatic heterocycles. The van der Waals surface area contributed by atoms with E-state index in [2.05, 4.69) is 10.5 Å². The Balaban J connectivity index is 2.17. The lowest BCUT2D eigenvalue weighted by atomic mass is 10.2. The molecule has 0 atom stereocenters. The average molecular weight is 349 g/mol. The van der Waals surface area contributed by atoms with E-state index in [1.165, 1.54) is 30.5 Å². The summed E-state index contributed by atoms with van der Waals surface area (Å²) in [6.45, 7) is 0. The van der Waals surface area contributed by atoms with Gasteiger partial charge in [-0.2, -0.15) is 18.3 Å². The van der Waals surface area contributed by atoms with Crippen molar-refractivity contribution in [2.45, 2.75) is 6.18 Å². The lowest BCUT2D eigenvalue weighted by molar-refractivity contribution is -0.137. The molecule has 8 heteroatoms. The molecule has 0 fully saturated rings. The van der Waals surface area contributed by atoms with Crippen molar-refractivity contribution < 1.29 is 18.3 Å². The first-order valence-corrected chi connectivity index (χ1v) is 6.67. The molecule has 0 unspecified atom stereocenters. The zero-order chi connectivity index (χ0) is 16.3. The van der Waals surface area contributed by atoms with E-state index in [1.807, 2.05) is 0 Å². The molecule has 2 aromatic carbocycles. The van der Waals surface area contributed by atoms with E-state index in [9.17, 15) is 18.3 Å². The van der Waals surface area contributed by atoms with Gasteiger partial charge in [-0.15, -0.1) is 0 Å². The van der Waals surface area contributed by atoms with Gasteiger partial charge in [-0.05, 0) is 30.3 Å². The SMILES string of the molecule is Oc1c(Cl)cc(Cl)cc1/C=N\Nc1cccc(C(F)(F)F)c1. The van der Waals surface area contributed by atoms with Crippen LogP contribution in [0.2, 0.25) is 10.0 Å². The number of hydrazone groups is 1. The molecule has 3 nitrogen and oxygen atoms in total. The minimum Gasteiger partial charge on any atom is -0.506 e. The molecule has 2 aromatic rings. The van der Waals surface area contributed by atoms with Gasteiger partial charge in [0.25, 0.3) is 0 Å². The predicted octanol–water partition coefficient (Wildman–Crippen LogP) is 5.16. The van der Waals surface area contributed by atoms with Crippen molar-refractivity contribution >= 4 is 35.1 Å². The number of benzene rings is 2. The van der Waals surface area contributed by atoms with Gasteiger partial charge in [-0.25, -0.2) is 0 Å². The van der Waals surface area contributed by atoms with Crippen LogP contribution in [0.4, 0.5) is 18.9 Å². The van der Waals surface area contributed by atoms with Gasteiger partial charge < -0.3 is 5.11 Å². The molecule has 0 spiro atoms. The highest BCUT2D eigenvalue weighted by Crippen LogP contribution is 2.31. The molecular weight excluding hydrogens is 340 g/mol. The van der Waals surface area contributed by atoms with Gasteiger partial charge in [-0.3, -0.25) is 5.43 Å². The van der Waals surface area contributed by atoms with E-state index in [0.717, 1.165) is 12.1 Å². The third-order valence-corrected chi connectivity index (χ3v) is 3.15. The Bertz CT molecular complexity index is 718. The van der Waals surface area contributed by atoms with Gasteiger partial charge in [0.2, 0.25) is 0 Å². The standard InChI is InChI=1S/C14H9Cl2F3N2O/c15-10-4-8(13(22)12(16)6-10)7-20-21-11-3-1-2-9(5-11)14(17,18)19/h1-7,21-22H/b20-7-. The summed E-state index contributed by atoms with van der Waals surface area (Å²) in [5.74, 6) is -0.222. The summed E-state index contributed by atoms with van der Waals surface area (Å²) < 4.78 is 37.7. The van der Waals surface area contributed by atoms with Crippen LogP contribution in [0.5, 0.6) is 5.75 Å². The summed E-state index contributed by atoms with van der Waals surface area (Å²) in [4.78, 5) is 0. The number of nitrogens with one attached hydrogen (secondary N) is 1. The van der Waals surface area contributed by atoms with Crippen molar-refractivity contribution in [1.82, 2.24) is 0 Å². The highest BCUT2D eigenvalue weighted by atomic mass is 35.5. The van der Waals surface area contributed by atoms with Crippen molar-refractivity contribution in [3.63, 3.8) is 0 Å². The number of phenolic OH excluding ortho intramolecular Hbond substituents is 1. The Morgan fingerprint density at radius 2 is 1.86 bits per heavy atom. The highest BCUT2D eigenvalue weighted by molar-refractivity contribution is 6.36. The molecule has 0 aliphatic rings. The van der Waals surface area contributed by atoms with Gasteiger partial charge in [0.15, 0.2) is 0 Å². The van der Waals surface area contributed by atoms with Crippen molar-refractivity contribution in [3.05, 3.63) is 57.6 Å². The second-order valence-electron chi connectivity index (χ2n) is 4.27. The number of anilines is 1. The van der Waals surface area contributed by atoms with Crippen LogP contribution in [0.25, 0.3) is 0 Å². The fourth-order valence-electron chi connectivity index (χ4n) is 1.63. The molecule has 0 saturated carbocycles. The van der Waals surface area contributed by atoms with Crippen molar-refractivity contribution in [2.24, 2.45) is 5.10 Å². The maximum Gasteiger partial charge on any atom is 0.416 e. The Labute approximate surface area is 134 Å². The van der Waals surface area contributed by atoms with Gasteiger partial charge in [0, 0.05) is 10.6 Å². The van der Waals surface area contributed by atoms with Gasteiger partial charge in [0.1, 0.15) is 5.75 Å². The van der Waals surface area contributed by atoms with Crippen LogP contribution in [0.3, 0.4) is 0 Å². The van der Waals surface area contributed by atoms with Gasteiger partial charge >= 0.3 is 6.18 Å². The van der Waals surface area contributed by atoms with Gasteiger partial charge in [-0.1, -0.05) is 29.3 Å². The number of phenols is 1. The van der Waals surface area contributed by atoms with E-state index >= 15 is 0 Å². The van der Waals surface area contributed by atoms with Crippen LogP contribution in [-0.2, 0) is 6.18 Å². The third-order valence-electron chi connectivity index (χ3n) is 2.64. The van der Waals surface area contributed by atoms with E-state index < -0.39 is 11.7 Å². The Morgan fingerprint density at radius 3 is 2.55 bits per heavy atom. The molecule has 2 N–H and O–H groups in total. The lowest BCUT2D eigenvalue weighted by Crippen LogP contribution is -2.05. The lowest BCUT2D eigenvalue weighted by Gasteiger charge is -2.08. The molecule has 0 aliphatic carbocycles. The molecule has 0 heterocycles. The number of halogens is 5. The summed E-state index contributed by atoms with van der Waals surface area (Å²) in [5, 5.41) is 13.8. The molecule has 2 rings (SSSR count). The van der Waals surface area contributed by atoms with Crippen LogP contribution in [-0.4, -0.2) is 11.3 Å². The van der Waals surface area contributed by atoms with E-state index in [1.54, 1.807) is 0 Å². The van der Waals surface area contributed by atoms with E-state index in [-0.39, 0.29) is 22.0 Å². The number of nitrogens with zero attached hydrogens (tertiary/aromatic N) is 1. The fourth-order valence-corrected chi connectivity index (χ4v) is 2.13. The zero-order valence-electron chi connectivity index (χ0n) is 10.8. The number of hydrogen-bond donors (Lipinski definition) is 2. The number of alkyl halides is 3. The van der Waals surface area contributed by atoms with Crippen molar-refractivity contribution in [1.29, 1.82) is 0 Å². The summed E-state index contributed by atoms with van der Waals surface area (Å²) in [5.41, 5.74) is 2.04. The Kier molecular flexibility index (Phi) is 4.83.